The van der Waals surface area contributed by atoms with Gasteiger partial charge in [-0.25, -0.2) is 13.2 Å². The van der Waals surface area contributed by atoms with Crippen molar-refractivity contribution in [1.29, 1.82) is 0 Å². The fourth-order valence-corrected chi connectivity index (χ4v) is 7.09. The minimum atomic E-state index is -0.770. The Balaban J connectivity index is 1.16. The number of hydrogen-bond acceptors (Lipinski definition) is 0. The molecular weight excluding hydrogens is 501 g/mol. The van der Waals surface area contributed by atoms with Gasteiger partial charge in [-0.2, -0.15) is 0 Å². The summed E-state index contributed by atoms with van der Waals surface area (Å²) in [6.45, 7) is 2.29. The normalized spacial score (nSPS) is 24.0. The fourth-order valence-electron chi connectivity index (χ4n) is 6.98. The van der Waals surface area contributed by atoms with Crippen LogP contribution in [0.1, 0.15) is 126 Å². The number of aryl methyl sites for hydroxylation is 2. The van der Waals surface area contributed by atoms with Crippen LogP contribution in [0.15, 0.2) is 30.3 Å². The molecule has 4 heteroatoms. The third-order valence-electron chi connectivity index (χ3n) is 9.54. The largest absolute Gasteiger partial charge is 0.207 e. The van der Waals surface area contributed by atoms with Crippen molar-refractivity contribution in [2.75, 3.05) is 0 Å². The third-order valence-corrected chi connectivity index (χ3v) is 9.90. The molecule has 2 aromatic rings. The van der Waals surface area contributed by atoms with E-state index in [2.05, 4.69) is 13.0 Å². The zero-order valence-corrected chi connectivity index (χ0v) is 24.0. The van der Waals surface area contributed by atoms with E-state index in [9.17, 15) is 13.2 Å². The molecule has 0 aromatic heterocycles. The highest BCUT2D eigenvalue weighted by molar-refractivity contribution is 6.30. The van der Waals surface area contributed by atoms with Gasteiger partial charge in [0.2, 0.25) is 0 Å². The van der Waals surface area contributed by atoms with E-state index in [1.165, 1.54) is 95.6 Å². The minimum Gasteiger partial charge on any atom is -0.207 e. The third kappa shape index (κ3) is 8.51. The minimum absolute atomic E-state index is 0.208. The quantitative estimate of drug-likeness (QED) is 0.183. The zero-order valence-electron chi connectivity index (χ0n) is 23.2. The maximum Gasteiger partial charge on any atom is 0.145 e. The molecule has 0 N–H and O–H groups in total. The average Bonchev–Trinajstić information content (AvgIpc) is 2.93. The Kier molecular flexibility index (Phi) is 11.5. The molecule has 0 radical (unpaired) electrons. The summed E-state index contributed by atoms with van der Waals surface area (Å²) >= 11 is 5.56. The molecule has 0 amide bonds. The molecule has 38 heavy (non-hydrogen) atoms. The van der Waals surface area contributed by atoms with Gasteiger partial charge in [0.1, 0.15) is 22.5 Å². The maximum absolute atomic E-state index is 14.9. The summed E-state index contributed by atoms with van der Waals surface area (Å²) in [5.74, 6) is 1.47. The van der Waals surface area contributed by atoms with E-state index in [-0.39, 0.29) is 5.82 Å². The molecule has 0 unspecified atom stereocenters. The maximum atomic E-state index is 14.9. The lowest BCUT2D eigenvalue weighted by atomic mass is 9.74. The van der Waals surface area contributed by atoms with Gasteiger partial charge in [0, 0.05) is 0 Å². The lowest BCUT2D eigenvalue weighted by molar-refractivity contribution is 0.222. The van der Waals surface area contributed by atoms with Crippen molar-refractivity contribution >= 4 is 11.6 Å². The summed E-state index contributed by atoms with van der Waals surface area (Å²) in [6.07, 6.45) is 21.2. The van der Waals surface area contributed by atoms with Crippen LogP contribution in [-0.4, -0.2) is 0 Å². The Hall–Kier alpha value is -1.48. The Morgan fingerprint density at radius 1 is 0.658 bits per heavy atom. The van der Waals surface area contributed by atoms with E-state index >= 15 is 0 Å². The number of rotatable bonds is 12. The van der Waals surface area contributed by atoms with Crippen molar-refractivity contribution in [2.24, 2.45) is 17.8 Å². The van der Waals surface area contributed by atoms with Gasteiger partial charge in [0.15, 0.2) is 0 Å². The van der Waals surface area contributed by atoms with Gasteiger partial charge < -0.3 is 0 Å². The van der Waals surface area contributed by atoms with Gasteiger partial charge >= 0.3 is 0 Å². The summed E-state index contributed by atoms with van der Waals surface area (Å²) in [4.78, 5) is 0. The molecule has 2 saturated carbocycles. The molecule has 0 atom stereocenters. The first kappa shape index (κ1) is 29.5. The first-order valence-electron chi connectivity index (χ1n) is 15.3. The van der Waals surface area contributed by atoms with Crippen molar-refractivity contribution in [3.8, 4) is 0 Å². The second kappa shape index (κ2) is 14.8. The van der Waals surface area contributed by atoms with E-state index in [1.54, 1.807) is 6.07 Å². The highest BCUT2D eigenvalue weighted by Gasteiger charge is 2.26. The van der Waals surface area contributed by atoms with Crippen LogP contribution in [0.4, 0.5) is 13.2 Å². The number of unbranched alkanes of at least 4 members (excludes halogenated alkanes) is 3. The van der Waals surface area contributed by atoms with E-state index < -0.39 is 16.7 Å². The second-order valence-electron chi connectivity index (χ2n) is 12.3. The summed E-state index contributed by atoms with van der Waals surface area (Å²) < 4.78 is 42.3. The predicted molar refractivity (Wildman–Crippen MR) is 153 cm³/mol. The van der Waals surface area contributed by atoms with Gasteiger partial charge in [-0.1, -0.05) is 101 Å². The van der Waals surface area contributed by atoms with Crippen LogP contribution in [0.2, 0.25) is 5.02 Å². The molecule has 2 fully saturated rings. The van der Waals surface area contributed by atoms with Crippen LogP contribution >= 0.6 is 11.6 Å². The van der Waals surface area contributed by atoms with Gasteiger partial charge in [-0.05, 0) is 97.1 Å². The molecule has 210 valence electrons. The topological polar surface area (TPSA) is 0 Å². The van der Waals surface area contributed by atoms with Gasteiger partial charge in [-0.15, -0.1) is 0 Å². The average molecular weight is 547 g/mol. The molecule has 0 saturated heterocycles. The van der Waals surface area contributed by atoms with Crippen LogP contribution < -0.4 is 0 Å². The lowest BCUT2D eigenvalue weighted by Gasteiger charge is -2.32. The summed E-state index contributed by atoms with van der Waals surface area (Å²) in [5, 5.41) is -0.491. The molecule has 0 aliphatic heterocycles. The van der Waals surface area contributed by atoms with E-state index in [0.29, 0.717) is 29.9 Å². The Labute approximate surface area is 233 Å². The predicted octanol–water partition coefficient (Wildman–Crippen LogP) is 11.4. The fraction of sp³-hybridized carbons (Fsp3) is 0.647. The molecule has 0 heterocycles. The van der Waals surface area contributed by atoms with Crippen molar-refractivity contribution < 1.29 is 13.2 Å². The first-order chi connectivity index (χ1) is 18.4. The zero-order chi connectivity index (χ0) is 26.9. The Morgan fingerprint density at radius 2 is 1.24 bits per heavy atom. The summed E-state index contributed by atoms with van der Waals surface area (Å²) in [7, 11) is 0. The molecule has 0 bridgehead atoms. The van der Waals surface area contributed by atoms with E-state index in [4.69, 9.17) is 11.6 Å². The summed E-state index contributed by atoms with van der Waals surface area (Å²) in [5.41, 5.74) is 2.18. The molecule has 0 nitrogen and oxygen atoms in total. The van der Waals surface area contributed by atoms with Crippen LogP contribution in [0, 0.1) is 35.2 Å². The highest BCUT2D eigenvalue weighted by Crippen LogP contribution is 2.40. The van der Waals surface area contributed by atoms with Crippen LogP contribution in [0.5, 0.6) is 0 Å². The van der Waals surface area contributed by atoms with Crippen LogP contribution in [0.25, 0.3) is 0 Å². The SMILES string of the molecule is CCCCCC[C@H]1CC[C@H](CCC2CCC(c3ccc(CCc4cc(F)c(Cl)c(F)c4)c(F)c3)CC2)CC1. The smallest absolute Gasteiger partial charge is 0.145 e. The standard InChI is InChI=1S/C34H46ClF3/c1-2-3-4-5-6-24-7-9-25(10-8-24)11-12-26-13-16-28(17-14-26)30-20-19-29(31(36)23-30)18-15-27-21-32(37)34(35)33(38)22-27/h19-26,28H,2-18H2,1H3/t24-,25-,26?,28?. The Bertz CT molecular complexity index is 980. The van der Waals surface area contributed by atoms with E-state index in [0.717, 1.165) is 36.2 Å². The van der Waals surface area contributed by atoms with Crippen molar-refractivity contribution in [3.05, 3.63) is 69.5 Å². The van der Waals surface area contributed by atoms with Crippen molar-refractivity contribution in [1.82, 2.24) is 0 Å². The summed E-state index contributed by atoms with van der Waals surface area (Å²) in [6, 6.07) is 8.09. The van der Waals surface area contributed by atoms with Crippen LogP contribution in [-0.2, 0) is 12.8 Å². The number of halogens is 4. The van der Waals surface area contributed by atoms with Crippen LogP contribution in [0.3, 0.4) is 0 Å². The van der Waals surface area contributed by atoms with Gasteiger partial charge in [0.05, 0.1) is 0 Å². The van der Waals surface area contributed by atoms with Gasteiger partial charge in [-0.3, -0.25) is 0 Å². The van der Waals surface area contributed by atoms with Crippen molar-refractivity contribution in [3.63, 3.8) is 0 Å². The van der Waals surface area contributed by atoms with Crippen molar-refractivity contribution in [2.45, 2.75) is 122 Å². The number of hydrogen-bond donors (Lipinski definition) is 0. The first-order valence-corrected chi connectivity index (χ1v) is 15.7. The highest BCUT2D eigenvalue weighted by atomic mass is 35.5. The molecule has 4 rings (SSSR count). The second-order valence-corrected chi connectivity index (χ2v) is 12.6. The molecule has 0 spiro atoms. The molecule has 2 aliphatic carbocycles. The molecule has 2 aromatic carbocycles. The van der Waals surface area contributed by atoms with E-state index in [1.807, 2.05) is 6.07 Å². The lowest BCUT2D eigenvalue weighted by Crippen LogP contribution is -2.18. The van der Waals surface area contributed by atoms with Gasteiger partial charge in [0.25, 0.3) is 0 Å². The number of benzene rings is 2. The Morgan fingerprint density at radius 3 is 1.82 bits per heavy atom. The monoisotopic (exact) mass is 546 g/mol. The molecule has 2 aliphatic rings. The molecular formula is C34H46ClF3.